The first kappa shape index (κ1) is 23.7. The van der Waals surface area contributed by atoms with Crippen LogP contribution in [0.15, 0.2) is 24.3 Å². The van der Waals surface area contributed by atoms with Crippen LogP contribution in [0.2, 0.25) is 0 Å². The highest BCUT2D eigenvalue weighted by molar-refractivity contribution is 5.27. The Balaban J connectivity index is 1.23. The SMILES string of the molecule is CCCCCC1CCC(CCCOc2ccc(CCC3CCC(C)CC3)cc2)CC1. The minimum absolute atomic E-state index is 0.885. The van der Waals surface area contributed by atoms with Crippen molar-refractivity contribution in [1.29, 1.82) is 0 Å². The van der Waals surface area contributed by atoms with Gasteiger partial charge >= 0.3 is 0 Å². The van der Waals surface area contributed by atoms with Crippen LogP contribution < -0.4 is 4.74 Å². The van der Waals surface area contributed by atoms with E-state index in [1.165, 1.54) is 108 Å². The Kier molecular flexibility index (Phi) is 10.6. The molecule has 170 valence electrons. The van der Waals surface area contributed by atoms with E-state index in [1.54, 1.807) is 0 Å². The van der Waals surface area contributed by atoms with Gasteiger partial charge in [0.15, 0.2) is 0 Å². The second-order valence-electron chi connectivity index (χ2n) is 10.7. The van der Waals surface area contributed by atoms with Gasteiger partial charge in [-0.25, -0.2) is 0 Å². The largest absolute Gasteiger partial charge is 0.494 e. The summed E-state index contributed by atoms with van der Waals surface area (Å²) < 4.78 is 6.04. The Morgan fingerprint density at radius 3 is 1.90 bits per heavy atom. The van der Waals surface area contributed by atoms with Crippen molar-refractivity contribution in [2.24, 2.45) is 23.7 Å². The number of hydrogen-bond acceptors (Lipinski definition) is 1. The second kappa shape index (κ2) is 13.4. The number of aryl methyl sites for hydroxylation is 1. The lowest BCUT2D eigenvalue weighted by molar-refractivity contribution is 0.228. The highest BCUT2D eigenvalue weighted by atomic mass is 16.5. The average Bonchev–Trinajstić information content (AvgIpc) is 2.78. The summed E-state index contributed by atoms with van der Waals surface area (Å²) in [5, 5.41) is 0. The molecule has 0 bridgehead atoms. The number of hydrogen-bond donors (Lipinski definition) is 0. The van der Waals surface area contributed by atoms with Crippen molar-refractivity contribution in [3.05, 3.63) is 29.8 Å². The van der Waals surface area contributed by atoms with Gasteiger partial charge in [0.1, 0.15) is 5.75 Å². The van der Waals surface area contributed by atoms with Crippen LogP contribution in [0.3, 0.4) is 0 Å². The Hall–Kier alpha value is -0.980. The molecule has 0 aromatic heterocycles. The zero-order chi connectivity index (χ0) is 21.0. The van der Waals surface area contributed by atoms with Crippen LogP contribution in [0.1, 0.15) is 116 Å². The first-order chi connectivity index (χ1) is 14.7. The molecule has 0 N–H and O–H groups in total. The normalized spacial score (nSPS) is 27.1. The van der Waals surface area contributed by atoms with Gasteiger partial charge in [0.2, 0.25) is 0 Å². The third-order valence-electron chi connectivity index (χ3n) is 8.11. The van der Waals surface area contributed by atoms with Gasteiger partial charge in [0.25, 0.3) is 0 Å². The molecule has 1 aromatic rings. The molecule has 2 fully saturated rings. The van der Waals surface area contributed by atoms with E-state index in [2.05, 4.69) is 38.1 Å². The predicted molar refractivity (Wildman–Crippen MR) is 130 cm³/mol. The molecule has 0 radical (unpaired) electrons. The maximum Gasteiger partial charge on any atom is 0.119 e. The summed E-state index contributed by atoms with van der Waals surface area (Å²) in [5.74, 6) is 4.97. The van der Waals surface area contributed by atoms with E-state index in [9.17, 15) is 0 Å². The molecule has 2 aliphatic carbocycles. The predicted octanol–water partition coefficient (Wildman–Crippen LogP) is 8.99. The first-order valence-electron chi connectivity index (χ1n) is 13.4. The van der Waals surface area contributed by atoms with Crippen LogP contribution in [0.5, 0.6) is 5.75 Å². The summed E-state index contributed by atoms with van der Waals surface area (Å²) in [6.07, 6.45) is 22.6. The van der Waals surface area contributed by atoms with E-state index in [4.69, 9.17) is 4.74 Å². The molecular weight excluding hydrogens is 364 g/mol. The van der Waals surface area contributed by atoms with E-state index in [-0.39, 0.29) is 0 Å². The molecule has 2 saturated carbocycles. The number of benzene rings is 1. The van der Waals surface area contributed by atoms with Gasteiger partial charge in [-0.2, -0.15) is 0 Å². The third kappa shape index (κ3) is 8.64. The van der Waals surface area contributed by atoms with Gasteiger partial charge in [-0.05, 0) is 67.1 Å². The van der Waals surface area contributed by atoms with Crippen LogP contribution in [0.25, 0.3) is 0 Å². The molecule has 1 nitrogen and oxygen atoms in total. The smallest absolute Gasteiger partial charge is 0.119 e. The van der Waals surface area contributed by atoms with Crippen molar-refractivity contribution >= 4 is 0 Å². The van der Waals surface area contributed by atoms with Crippen LogP contribution in [0.4, 0.5) is 0 Å². The fourth-order valence-electron chi connectivity index (χ4n) is 5.79. The van der Waals surface area contributed by atoms with Gasteiger partial charge < -0.3 is 4.74 Å². The van der Waals surface area contributed by atoms with Crippen LogP contribution in [0, 0.1) is 23.7 Å². The zero-order valence-corrected chi connectivity index (χ0v) is 20.0. The molecule has 30 heavy (non-hydrogen) atoms. The third-order valence-corrected chi connectivity index (χ3v) is 8.11. The fourth-order valence-corrected chi connectivity index (χ4v) is 5.79. The maximum atomic E-state index is 6.04. The van der Waals surface area contributed by atoms with Crippen LogP contribution in [-0.2, 0) is 6.42 Å². The molecule has 2 aliphatic rings. The lowest BCUT2D eigenvalue weighted by Gasteiger charge is -2.28. The molecule has 0 spiro atoms. The van der Waals surface area contributed by atoms with Crippen LogP contribution in [-0.4, -0.2) is 6.61 Å². The molecule has 1 aromatic carbocycles. The molecular formula is C29H48O. The standard InChI is InChI=1S/C29H48O/c1-3-4-5-7-25-13-15-26(16-14-25)8-6-23-30-29-21-19-28(20-22-29)18-17-27-11-9-24(2)10-12-27/h19-22,24-27H,3-18,23H2,1-2H3. The highest BCUT2D eigenvalue weighted by Crippen LogP contribution is 2.34. The summed E-state index contributed by atoms with van der Waals surface area (Å²) in [6.45, 7) is 5.61. The van der Waals surface area contributed by atoms with Crippen molar-refractivity contribution in [2.45, 2.75) is 117 Å². The summed E-state index contributed by atoms with van der Waals surface area (Å²) in [4.78, 5) is 0. The highest BCUT2D eigenvalue weighted by Gasteiger charge is 2.20. The van der Waals surface area contributed by atoms with Gasteiger partial charge in [0, 0.05) is 0 Å². The Morgan fingerprint density at radius 1 is 0.700 bits per heavy atom. The Bertz CT molecular complexity index is 546. The van der Waals surface area contributed by atoms with E-state index in [0.29, 0.717) is 0 Å². The summed E-state index contributed by atoms with van der Waals surface area (Å²) in [5.41, 5.74) is 1.48. The molecule has 3 rings (SSSR count). The molecule has 0 amide bonds. The minimum Gasteiger partial charge on any atom is -0.494 e. The number of ether oxygens (including phenoxy) is 1. The number of unbranched alkanes of at least 4 members (excludes halogenated alkanes) is 2. The van der Waals surface area contributed by atoms with E-state index in [1.807, 2.05) is 0 Å². The van der Waals surface area contributed by atoms with Crippen molar-refractivity contribution in [1.82, 2.24) is 0 Å². The molecule has 0 saturated heterocycles. The van der Waals surface area contributed by atoms with Crippen molar-refractivity contribution < 1.29 is 4.74 Å². The molecule has 0 aliphatic heterocycles. The topological polar surface area (TPSA) is 9.23 Å². The summed E-state index contributed by atoms with van der Waals surface area (Å²) in [7, 11) is 0. The average molecular weight is 413 g/mol. The van der Waals surface area contributed by atoms with Crippen molar-refractivity contribution in [3.63, 3.8) is 0 Å². The fraction of sp³-hybridized carbons (Fsp3) is 0.793. The molecule has 1 heteroatoms. The Labute approximate surface area is 187 Å². The maximum absolute atomic E-state index is 6.04. The lowest BCUT2D eigenvalue weighted by Crippen LogP contribution is -2.15. The minimum atomic E-state index is 0.885. The lowest BCUT2D eigenvalue weighted by atomic mass is 9.78. The second-order valence-corrected chi connectivity index (χ2v) is 10.7. The van der Waals surface area contributed by atoms with E-state index >= 15 is 0 Å². The first-order valence-corrected chi connectivity index (χ1v) is 13.4. The molecule has 0 heterocycles. The van der Waals surface area contributed by atoms with E-state index in [0.717, 1.165) is 36.0 Å². The molecule has 0 atom stereocenters. The molecule has 0 unspecified atom stereocenters. The Morgan fingerprint density at radius 2 is 1.27 bits per heavy atom. The monoisotopic (exact) mass is 412 g/mol. The summed E-state index contributed by atoms with van der Waals surface area (Å²) in [6, 6.07) is 8.97. The summed E-state index contributed by atoms with van der Waals surface area (Å²) >= 11 is 0. The van der Waals surface area contributed by atoms with Gasteiger partial charge in [-0.1, -0.05) is 103 Å². The van der Waals surface area contributed by atoms with Crippen molar-refractivity contribution in [3.8, 4) is 5.75 Å². The van der Waals surface area contributed by atoms with Crippen LogP contribution >= 0.6 is 0 Å². The van der Waals surface area contributed by atoms with Gasteiger partial charge in [0.05, 0.1) is 6.61 Å². The number of rotatable bonds is 12. The van der Waals surface area contributed by atoms with E-state index < -0.39 is 0 Å². The van der Waals surface area contributed by atoms with Gasteiger partial charge in [-0.3, -0.25) is 0 Å². The van der Waals surface area contributed by atoms with Crippen molar-refractivity contribution in [2.75, 3.05) is 6.61 Å². The van der Waals surface area contributed by atoms with Gasteiger partial charge in [-0.15, -0.1) is 0 Å². The quantitative estimate of drug-likeness (QED) is 0.311. The zero-order valence-electron chi connectivity index (χ0n) is 20.0.